The summed E-state index contributed by atoms with van der Waals surface area (Å²) in [6.45, 7) is 1.78. The summed E-state index contributed by atoms with van der Waals surface area (Å²) in [6, 6.07) is 17.0. The zero-order valence-electron chi connectivity index (χ0n) is 19.0. The molecule has 0 spiro atoms. The van der Waals surface area contributed by atoms with Gasteiger partial charge < -0.3 is 19.7 Å². The number of carbonyl (C=O) groups is 1. The second kappa shape index (κ2) is 11.0. The minimum atomic E-state index is -0.729. The van der Waals surface area contributed by atoms with Crippen LogP contribution < -0.4 is 4.74 Å². The number of halogens is 1. The summed E-state index contributed by atoms with van der Waals surface area (Å²) >= 11 is 0. The predicted octanol–water partition coefficient (Wildman–Crippen LogP) is 5.22. The number of hydrogen-bond donors (Lipinski definition) is 2. The van der Waals surface area contributed by atoms with E-state index in [4.69, 9.17) is 9.47 Å². The number of ether oxygens (including phenoxy) is 2. The summed E-state index contributed by atoms with van der Waals surface area (Å²) < 4.78 is 24.1. The molecule has 2 atom stereocenters. The van der Waals surface area contributed by atoms with Crippen molar-refractivity contribution in [2.24, 2.45) is 5.92 Å². The largest absolute Gasteiger partial charge is 0.508 e. The Kier molecular flexibility index (Phi) is 8.06. The molecule has 0 fully saturated rings. The normalized spacial score (nSPS) is 12.8. The molecule has 0 aliphatic rings. The number of aryl methyl sites for hydroxylation is 1. The molecule has 0 saturated carbocycles. The highest BCUT2D eigenvalue weighted by Crippen LogP contribution is 2.30. The summed E-state index contributed by atoms with van der Waals surface area (Å²) in [5.41, 5.74) is 3.40. The van der Waals surface area contributed by atoms with Gasteiger partial charge in [0.1, 0.15) is 17.3 Å². The van der Waals surface area contributed by atoms with E-state index >= 15 is 0 Å². The van der Waals surface area contributed by atoms with Gasteiger partial charge >= 0.3 is 5.97 Å². The number of aliphatic hydroxyl groups is 1. The fraction of sp³-hybridized carbons (Fsp3) is 0.296. The van der Waals surface area contributed by atoms with Gasteiger partial charge in [0.25, 0.3) is 0 Å². The van der Waals surface area contributed by atoms with Crippen LogP contribution in [0.15, 0.2) is 60.7 Å². The van der Waals surface area contributed by atoms with Crippen LogP contribution in [0.25, 0.3) is 11.1 Å². The molecule has 0 bridgehead atoms. The summed E-state index contributed by atoms with van der Waals surface area (Å²) in [5.74, 6) is -0.219. The first kappa shape index (κ1) is 24.3. The zero-order chi connectivity index (χ0) is 24.0. The standard InChI is InChI=1S/C27H29FO5/c1-17(27(31)33-3)14-18-4-5-21(26(30)15-18)10-13-25(29)20-8-6-19(7-9-20)23-16-22(32-2)11-12-24(23)28/h4-9,11-12,15-17,25,29-30H,10,13-14H2,1-3H3/t17-,25?/m0/s1. The van der Waals surface area contributed by atoms with Crippen molar-refractivity contribution < 1.29 is 28.9 Å². The third kappa shape index (κ3) is 6.11. The van der Waals surface area contributed by atoms with Crippen molar-refractivity contribution in [3.8, 4) is 22.6 Å². The molecule has 3 aromatic carbocycles. The number of carbonyl (C=O) groups excluding carboxylic acids is 1. The maximum absolute atomic E-state index is 14.2. The highest BCUT2D eigenvalue weighted by atomic mass is 19.1. The van der Waals surface area contributed by atoms with Crippen LogP contribution in [0.2, 0.25) is 0 Å². The average molecular weight is 453 g/mol. The number of phenols is 1. The lowest BCUT2D eigenvalue weighted by atomic mass is 9.96. The smallest absolute Gasteiger partial charge is 0.308 e. The Morgan fingerprint density at radius 2 is 1.76 bits per heavy atom. The third-order valence-corrected chi connectivity index (χ3v) is 5.76. The molecule has 0 aromatic heterocycles. The summed E-state index contributed by atoms with van der Waals surface area (Å²) in [4.78, 5) is 11.6. The molecule has 0 aliphatic heterocycles. The second-order valence-electron chi connectivity index (χ2n) is 8.11. The number of rotatable bonds is 9. The van der Waals surface area contributed by atoms with E-state index in [1.807, 2.05) is 12.1 Å². The van der Waals surface area contributed by atoms with E-state index in [0.29, 0.717) is 41.7 Å². The molecule has 0 aliphatic carbocycles. The predicted molar refractivity (Wildman–Crippen MR) is 125 cm³/mol. The van der Waals surface area contributed by atoms with E-state index in [0.717, 1.165) is 11.1 Å². The summed E-state index contributed by atoms with van der Waals surface area (Å²) in [7, 11) is 2.89. The fourth-order valence-electron chi connectivity index (χ4n) is 3.78. The van der Waals surface area contributed by atoms with Crippen LogP contribution in [0.3, 0.4) is 0 Å². The van der Waals surface area contributed by atoms with E-state index in [2.05, 4.69) is 0 Å². The molecule has 0 saturated heterocycles. The average Bonchev–Trinajstić information content (AvgIpc) is 2.83. The van der Waals surface area contributed by atoms with Crippen LogP contribution in [0, 0.1) is 11.7 Å². The van der Waals surface area contributed by atoms with Crippen LogP contribution in [0.5, 0.6) is 11.5 Å². The molecule has 0 radical (unpaired) electrons. The minimum Gasteiger partial charge on any atom is -0.508 e. The van der Waals surface area contributed by atoms with Crippen LogP contribution in [0.4, 0.5) is 4.39 Å². The van der Waals surface area contributed by atoms with Gasteiger partial charge in [-0.2, -0.15) is 0 Å². The molecular formula is C27H29FO5. The quantitative estimate of drug-likeness (QED) is 0.435. The number of methoxy groups -OCH3 is 2. The van der Waals surface area contributed by atoms with Gasteiger partial charge in [-0.05, 0) is 65.8 Å². The van der Waals surface area contributed by atoms with Crippen molar-refractivity contribution in [1.29, 1.82) is 0 Å². The Hall–Kier alpha value is -3.38. The highest BCUT2D eigenvalue weighted by molar-refractivity contribution is 5.72. The molecule has 0 heterocycles. The molecule has 2 N–H and O–H groups in total. The Balaban J connectivity index is 1.63. The van der Waals surface area contributed by atoms with E-state index in [-0.39, 0.29) is 23.5 Å². The summed E-state index contributed by atoms with van der Waals surface area (Å²) in [6.07, 6.45) is 0.640. The Labute approximate surface area is 193 Å². The molecule has 1 unspecified atom stereocenters. The maximum atomic E-state index is 14.2. The van der Waals surface area contributed by atoms with Gasteiger partial charge in [-0.25, -0.2) is 4.39 Å². The lowest BCUT2D eigenvalue weighted by Crippen LogP contribution is -2.15. The third-order valence-electron chi connectivity index (χ3n) is 5.76. The molecule has 5 nitrogen and oxygen atoms in total. The Morgan fingerprint density at radius 3 is 2.39 bits per heavy atom. The van der Waals surface area contributed by atoms with Crippen molar-refractivity contribution >= 4 is 5.97 Å². The van der Waals surface area contributed by atoms with E-state index < -0.39 is 6.10 Å². The van der Waals surface area contributed by atoms with Gasteiger partial charge in [-0.3, -0.25) is 4.79 Å². The van der Waals surface area contributed by atoms with E-state index in [1.165, 1.54) is 20.3 Å². The number of hydrogen-bond acceptors (Lipinski definition) is 5. The van der Waals surface area contributed by atoms with Crippen molar-refractivity contribution in [3.63, 3.8) is 0 Å². The number of aliphatic hydroxyl groups excluding tert-OH is 1. The molecule has 3 aromatic rings. The van der Waals surface area contributed by atoms with Gasteiger partial charge in [0.05, 0.1) is 26.2 Å². The van der Waals surface area contributed by atoms with Gasteiger partial charge in [0.2, 0.25) is 0 Å². The van der Waals surface area contributed by atoms with E-state index in [1.54, 1.807) is 49.4 Å². The van der Waals surface area contributed by atoms with Crippen LogP contribution in [0.1, 0.15) is 36.1 Å². The molecular weight excluding hydrogens is 423 g/mol. The molecule has 6 heteroatoms. The lowest BCUT2D eigenvalue weighted by molar-refractivity contribution is -0.144. The molecule has 174 valence electrons. The molecule has 33 heavy (non-hydrogen) atoms. The maximum Gasteiger partial charge on any atom is 0.308 e. The number of esters is 1. The fourth-order valence-corrected chi connectivity index (χ4v) is 3.78. The lowest BCUT2D eigenvalue weighted by Gasteiger charge is -2.14. The highest BCUT2D eigenvalue weighted by Gasteiger charge is 2.16. The molecule has 0 amide bonds. The van der Waals surface area contributed by atoms with Crippen molar-refractivity contribution in [3.05, 3.63) is 83.2 Å². The SMILES string of the molecule is COC(=O)[C@@H](C)Cc1ccc(CCC(O)c2ccc(-c3cc(OC)ccc3F)cc2)c(O)c1. The van der Waals surface area contributed by atoms with Crippen LogP contribution in [-0.2, 0) is 22.4 Å². The zero-order valence-corrected chi connectivity index (χ0v) is 19.0. The number of aromatic hydroxyl groups is 1. The first-order valence-corrected chi connectivity index (χ1v) is 10.8. The topological polar surface area (TPSA) is 76.0 Å². The van der Waals surface area contributed by atoms with Crippen LogP contribution in [-0.4, -0.2) is 30.4 Å². The Morgan fingerprint density at radius 1 is 1.03 bits per heavy atom. The first-order valence-electron chi connectivity index (χ1n) is 10.8. The summed E-state index contributed by atoms with van der Waals surface area (Å²) in [5, 5.41) is 21.0. The van der Waals surface area contributed by atoms with Crippen molar-refractivity contribution in [1.82, 2.24) is 0 Å². The van der Waals surface area contributed by atoms with E-state index in [9.17, 15) is 19.4 Å². The van der Waals surface area contributed by atoms with Gasteiger partial charge in [-0.1, -0.05) is 43.3 Å². The molecule has 3 rings (SSSR count). The monoisotopic (exact) mass is 452 g/mol. The van der Waals surface area contributed by atoms with Crippen molar-refractivity contribution in [2.45, 2.75) is 32.3 Å². The number of benzene rings is 3. The van der Waals surface area contributed by atoms with Gasteiger partial charge in [0, 0.05) is 5.56 Å². The van der Waals surface area contributed by atoms with Crippen LogP contribution >= 0.6 is 0 Å². The first-order chi connectivity index (χ1) is 15.8. The van der Waals surface area contributed by atoms with Gasteiger partial charge in [-0.15, -0.1) is 0 Å². The number of phenolic OH excluding ortho intramolecular Hbond substituents is 1. The van der Waals surface area contributed by atoms with Crippen molar-refractivity contribution in [2.75, 3.05) is 14.2 Å². The van der Waals surface area contributed by atoms with Gasteiger partial charge in [0.15, 0.2) is 0 Å². The minimum absolute atomic E-state index is 0.139. The Bertz CT molecular complexity index is 1090. The second-order valence-corrected chi connectivity index (χ2v) is 8.11.